The zero-order valence-electron chi connectivity index (χ0n) is 17.4. The Morgan fingerprint density at radius 2 is 1.72 bits per heavy atom. The molecule has 0 aliphatic heterocycles. The van der Waals surface area contributed by atoms with Gasteiger partial charge in [0.05, 0.1) is 17.5 Å². The summed E-state index contributed by atoms with van der Waals surface area (Å²) >= 11 is 1.45. The number of aromatic nitrogens is 3. The third kappa shape index (κ3) is 4.57. The van der Waals surface area contributed by atoms with Crippen molar-refractivity contribution in [2.75, 3.05) is 0 Å². The summed E-state index contributed by atoms with van der Waals surface area (Å²) < 4.78 is 1.28. The number of nitrogens with zero attached hydrogens (tertiary/aromatic N) is 3. The predicted molar refractivity (Wildman–Crippen MR) is 123 cm³/mol. The molecule has 0 atom stereocenters. The van der Waals surface area contributed by atoms with Crippen LogP contribution in [0.4, 0.5) is 0 Å². The van der Waals surface area contributed by atoms with Crippen LogP contribution in [0.25, 0.3) is 21.3 Å². The number of fused-ring (bicyclic) bond motifs is 1. The summed E-state index contributed by atoms with van der Waals surface area (Å²) in [5.74, 6) is -1.00. The van der Waals surface area contributed by atoms with E-state index in [-0.39, 0.29) is 17.7 Å². The first kappa shape index (κ1) is 21.4. The van der Waals surface area contributed by atoms with Crippen LogP contribution >= 0.6 is 11.3 Å². The second-order valence-electron chi connectivity index (χ2n) is 7.11. The fourth-order valence-electron chi connectivity index (χ4n) is 3.26. The van der Waals surface area contributed by atoms with Gasteiger partial charge in [0.25, 0.3) is 11.5 Å². The third-order valence-electron chi connectivity index (χ3n) is 4.75. The molecule has 0 spiro atoms. The van der Waals surface area contributed by atoms with E-state index in [2.05, 4.69) is 20.9 Å². The molecule has 32 heavy (non-hydrogen) atoms. The van der Waals surface area contributed by atoms with Crippen LogP contribution < -0.4 is 16.4 Å². The van der Waals surface area contributed by atoms with Crippen LogP contribution in [-0.4, -0.2) is 26.6 Å². The van der Waals surface area contributed by atoms with Crippen molar-refractivity contribution >= 4 is 33.9 Å². The lowest BCUT2D eigenvalue weighted by Gasteiger charge is -2.11. The van der Waals surface area contributed by atoms with Gasteiger partial charge in [-0.15, -0.1) is 11.3 Å². The highest BCUT2D eigenvalue weighted by molar-refractivity contribution is 7.13. The molecular weight excluding hydrogens is 426 g/mol. The highest BCUT2D eigenvalue weighted by Crippen LogP contribution is 2.23. The van der Waals surface area contributed by atoms with Crippen LogP contribution in [0.5, 0.6) is 0 Å². The number of thiazole rings is 1. The summed E-state index contributed by atoms with van der Waals surface area (Å²) in [6.45, 7) is 2.31. The first-order valence-corrected chi connectivity index (χ1v) is 11.0. The Balaban J connectivity index is 1.45. The maximum absolute atomic E-state index is 12.8. The van der Waals surface area contributed by atoms with E-state index in [4.69, 9.17) is 0 Å². The first-order chi connectivity index (χ1) is 15.6. The van der Waals surface area contributed by atoms with Gasteiger partial charge >= 0.3 is 0 Å². The Kier molecular flexibility index (Phi) is 6.37. The largest absolute Gasteiger partial charge is 0.290 e. The Morgan fingerprint density at radius 3 is 2.47 bits per heavy atom. The van der Waals surface area contributed by atoms with Crippen LogP contribution in [-0.2, 0) is 17.8 Å². The summed E-state index contributed by atoms with van der Waals surface area (Å²) in [5.41, 5.74) is 6.23. The Labute approximate surface area is 187 Å². The molecule has 2 N–H and O–H groups in total. The number of hydrazine groups is 1. The zero-order chi connectivity index (χ0) is 22.5. The predicted octanol–water partition coefficient (Wildman–Crippen LogP) is 2.93. The molecule has 0 saturated carbocycles. The van der Waals surface area contributed by atoms with Crippen LogP contribution in [0.3, 0.4) is 0 Å². The summed E-state index contributed by atoms with van der Waals surface area (Å²) in [5, 5.41) is 7.70. The molecule has 4 aromatic rings. The molecule has 9 heteroatoms. The molecule has 0 aliphatic rings. The van der Waals surface area contributed by atoms with Gasteiger partial charge in [0.15, 0.2) is 5.69 Å². The van der Waals surface area contributed by atoms with Gasteiger partial charge in [0, 0.05) is 22.9 Å². The van der Waals surface area contributed by atoms with Gasteiger partial charge in [-0.25, -0.2) is 9.67 Å². The third-order valence-corrected chi connectivity index (χ3v) is 5.69. The molecule has 0 fully saturated rings. The maximum atomic E-state index is 12.8. The number of rotatable bonds is 6. The van der Waals surface area contributed by atoms with E-state index in [0.717, 1.165) is 10.6 Å². The van der Waals surface area contributed by atoms with Crippen molar-refractivity contribution < 1.29 is 9.59 Å². The van der Waals surface area contributed by atoms with Crippen LogP contribution in [0.1, 0.15) is 29.5 Å². The van der Waals surface area contributed by atoms with Gasteiger partial charge in [-0.1, -0.05) is 55.5 Å². The lowest BCUT2D eigenvalue weighted by atomic mass is 10.1. The average Bonchev–Trinajstić information content (AvgIpc) is 3.28. The van der Waals surface area contributed by atoms with Crippen molar-refractivity contribution in [2.45, 2.75) is 26.3 Å². The lowest BCUT2D eigenvalue weighted by Crippen LogP contribution is -2.43. The number of nitrogens with one attached hydrogen (secondary N) is 2. The van der Waals surface area contributed by atoms with Crippen molar-refractivity contribution in [3.63, 3.8) is 0 Å². The van der Waals surface area contributed by atoms with E-state index in [1.165, 1.54) is 16.0 Å². The van der Waals surface area contributed by atoms with Crippen LogP contribution in [0, 0.1) is 0 Å². The zero-order valence-corrected chi connectivity index (χ0v) is 18.2. The summed E-state index contributed by atoms with van der Waals surface area (Å²) in [7, 11) is 0. The Bertz CT molecular complexity index is 1330. The highest BCUT2D eigenvalue weighted by atomic mass is 32.1. The topological polar surface area (TPSA) is 106 Å². The number of amides is 2. The summed E-state index contributed by atoms with van der Waals surface area (Å²) in [6, 6.07) is 16.5. The molecule has 0 radical (unpaired) electrons. The second kappa shape index (κ2) is 9.52. The fraction of sp³-hybridized carbons (Fsp3) is 0.174. The van der Waals surface area contributed by atoms with Gasteiger partial charge in [-0.3, -0.25) is 25.2 Å². The van der Waals surface area contributed by atoms with Gasteiger partial charge in [0.2, 0.25) is 5.91 Å². The van der Waals surface area contributed by atoms with Crippen molar-refractivity contribution in [1.82, 2.24) is 25.6 Å². The Morgan fingerprint density at radius 1 is 1.00 bits per heavy atom. The van der Waals surface area contributed by atoms with E-state index >= 15 is 0 Å². The van der Waals surface area contributed by atoms with E-state index in [1.54, 1.807) is 24.3 Å². The monoisotopic (exact) mass is 447 g/mol. The normalized spacial score (nSPS) is 10.8. The van der Waals surface area contributed by atoms with Gasteiger partial charge in [-0.2, -0.15) is 5.10 Å². The molecule has 8 nitrogen and oxygen atoms in total. The molecule has 0 unspecified atom stereocenters. The van der Waals surface area contributed by atoms with E-state index in [9.17, 15) is 14.4 Å². The number of aryl methyl sites for hydroxylation is 1. The lowest BCUT2D eigenvalue weighted by molar-refractivity contribution is -0.121. The average molecular weight is 448 g/mol. The molecule has 2 aromatic carbocycles. The quantitative estimate of drug-likeness (QED) is 0.442. The summed E-state index contributed by atoms with van der Waals surface area (Å²) in [4.78, 5) is 42.1. The molecule has 162 valence electrons. The molecular formula is C23H21N5O3S. The molecule has 0 saturated heterocycles. The van der Waals surface area contributed by atoms with Gasteiger partial charge < -0.3 is 0 Å². The maximum Gasteiger partial charge on any atom is 0.290 e. The smallest absolute Gasteiger partial charge is 0.273 e. The fourth-order valence-corrected chi connectivity index (χ4v) is 4.09. The minimum absolute atomic E-state index is 0.0210. The van der Waals surface area contributed by atoms with Gasteiger partial charge in [0.1, 0.15) is 5.01 Å². The summed E-state index contributed by atoms with van der Waals surface area (Å²) in [6.07, 6.45) is 0.717. The van der Waals surface area contributed by atoms with E-state index in [0.29, 0.717) is 29.4 Å². The molecule has 2 heterocycles. The number of hydrogen-bond acceptors (Lipinski definition) is 6. The molecule has 0 aliphatic carbocycles. The molecule has 2 aromatic heterocycles. The van der Waals surface area contributed by atoms with Gasteiger partial charge in [-0.05, 0) is 12.5 Å². The Hall–Kier alpha value is -3.85. The number of carbonyl (C=O) groups is 2. The van der Waals surface area contributed by atoms with Crippen molar-refractivity contribution in [2.24, 2.45) is 0 Å². The van der Waals surface area contributed by atoms with Crippen molar-refractivity contribution in [3.8, 4) is 10.6 Å². The van der Waals surface area contributed by atoms with Crippen molar-refractivity contribution in [1.29, 1.82) is 0 Å². The molecule has 4 rings (SSSR count). The highest BCUT2D eigenvalue weighted by Gasteiger charge is 2.17. The van der Waals surface area contributed by atoms with E-state index in [1.807, 2.05) is 42.6 Å². The van der Waals surface area contributed by atoms with Crippen LogP contribution in [0.15, 0.2) is 64.8 Å². The van der Waals surface area contributed by atoms with Crippen LogP contribution in [0.2, 0.25) is 0 Å². The molecule has 2 amide bonds. The SMILES string of the molecule is CCCn1nc(C(=O)NNC(=O)Cc2csc(-c3ccccc3)n2)c2ccccc2c1=O. The second-order valence-corrected chi connectivity index (χ2v) is 7.97. The number of benzene rings is 2. The standard InChI is InChI=1S/C23H21N5O3S/c1-2-12-28-23(31)18-11-7-6-10-17(18)20(27-28)21(30)26-25-19(29)13-16-14-32-22(24-16)15-8-4-3-5-9-15/h3-11,14H,2,12-13H2,1H3,(H,25,29)(H,26,30). The molecule has 0 bridgehead atoms. The number of hydrogen-bond donors (Lipinski definition) is 2. The van der Waals surface area contributed by atoms with Crippen molar-refractivity contribution in [3.05, 3.63) is 81.7 Å². The van der Waals surface area contributed by atoms with E-state index < -0.39 is 11.8 Å². The first-order valence-electron chi connectivity index (χ1n) is 10.2. The minimum Gasteiger partial charge on any atom is -0.273 e. The minimum atomic E-state index is -0.595. The number of carbonyl (C=O) groups excluding carboxylic acids is 2.